The molecule has 2 amide bonds. The monoisotopic (exact) mass is 440 g/mol. The van der Waals surface area contributed by atoms with Gasteiger partial charge >= 0.3 is 5.97 Å². The number of esters is 1. The summed E-state index contributed by atoms with van der Waals surface area (Å²) in [6, 6.07) is 11.3. The number of carbonyl (C=O) groups excluding carboxylic acids is 3. The lowest BCUT2D eigenvalue weighted by Gasteiger charge is -2.08. The number of aryl methyl sites for hydroxylation is 1. The third kappa shape index (κ3) is 6.02. The second-order valence-corrected chi connectivity index (χ2v) is 7.65. The topological polar surface area (TPSA) is 102 Å². The van der Waals surface area contributed by atoms with Gasteiger partial charge in [0.25, 0.3) is 11.8 Å². The maximum atomic E-state index is 12.2. The van der Waals surface area contributed by atoms with Crippen molar-refractivity contribution in [3.05, 3.63) is 64.1 Å². The Morgan fingerprint density at radius 2 is 1.90 bits per heavy atom. The highest BCUT2D eigenvalue weighted by Gasteiger charge is 2.16. The minimum atomic E-state index is -0.492. The first kappa shape index (κ1) is 22.2. The molecule has 3 rings (SSSR count). The van der Waals surface area contributed by atoms with E-state index in [4.69, 9.17) is 4.74 Å². The van der Waals surface area contributed by atoms with Crippen LogP contribution in [0.15, 0.2) is 47.2 Å². The summed E-state index contributed by atoms with van der Waals surface area (Å²) in [6.07, 6.45) is 0.541. The van der Waals surface area contributed by atoms with E-state index in [1.165, 1.54) is 11.3 Å². The van der Waals surface area contributed by atoms with E-state index in [1.54, 1.807) is 23.1 Å². The van der Waals surface area contributed by atoms with Gasteiger partial charge in [-0.1, -0.05) is 18.2 Å². The molecule has 31 heavy (non-hydrogen) atoms. The van der Waals surface area contributed by atoms with Crippen molar-refractivity contribution < 1.29 is 19.1 Å². The lowest BCUT2D eigenvalue weighted by atomic mass is 10.3. The molecular weight excluding hydrogens is 416 g/mol. The van der Waals surface area contributed by atoms with Gasteiger partial charge in [-0.2, -0.15) is 16.4 Å². The molecule has 0 aliphatic carbocycles. The molecule has 2 N–H and O–H groups in total. The van der Waals surface area contributed by atoms with E-state index in [9.17, 15) is 14.4 Å². The maximum Gasteiger partial charge on any atom is 0.306 e. The van der Waals surface area contributed by atoms with Crippen LogP contribution in [0, 0.1) is 13.8 Å². The van der Waals surface area contributed by atoms with Crippen molar-refractivity contribution in [2.24, 2.45) is 0 Å². The summed E-state index contributed by atoms with van der Waals surface area (Å²) >= 11 is 1.45. The number of para-hydroxylation sites is 1. The predicted molar refractivity (Wildman–Crippen MR) is 119 cm³/mol. The van der Waals surface area contributed by atoms with Gasteiger partial charge in [0.05, 0.1) is 22.8 Å². The maximum absolute atomic E-state index is 12.2. The lowest BCUT2D eigenvalue weighted by molar-refractivity contribution is -0.147. The average molecular weight is 441 g/mol. The first-order valence-corrected chi connectivity index (χ1v) is 10.8. The Kier molecular flexibility index (Phi) is 7.55. The molecule has 0 fully saturated rings. The van der Waals surface area contributed by atoms with Crippen LogP contribution in [0.2, 0.25) is 0 Å². The van der Waals surface area contributed by atoms with E-state index >= 15 is 0 Å². The van der Waals surface area contributed by atoms with Gasteiger partial charge < -0.3 is 15.4 Å². The number of nitrogens with one attached hydrogen (secondary N) is 2. The third-order valence-electron chi connectivity index (χ3n) is 4.55. The fraction of sp³-hybridized carbons (Fsp3) is 0.273. The second kappa shape index (κ2) is 10.5. The van der Waals surface area contributed by atoms with Crippen LogP contribution < -0.4 is 10.6 Å². The van der Waals surface area contributed by atoms with Crippen LogP contribution in [0.1, 0.15) is 34.6 Å². The Morgan fingerprint density at radius 3 is 2.61 bits per heavy atom. The van der Waals surface area contributed by atoms with Crippen LogP contribution in [-0.4, -0.2) is 40.7 Å². The Morgan fingerprint density at radius 1 is 1.13 bits per heavy atom. The zero-order valence-corrected chi connectivity index (χ0v) is 18.2. The molecule has 1 aromatic carbocycles. The van der Waals surface area contributed by atoms with Gasteiger partial charge in [0.2, 0.25) is 0 Å². The second-order valence-electron chi connectivity index (χ2n) is 6.87. The summed E-state index contributed by atoms with van der Waals surface area (Å²) in [7, 11) is 0. The number of nitrogens with zero attached hydrogens (tertiary/aromatic N) is 2. The van der Waals surface area contributed by atoms with Crippen molar-refractivity contribution in [3.63, 3.8) is 0 Å². The number of hydrogen-bond donors (Lipinski definition) is 2. The minimum absolute atomic E-state index is 0.112. The van der Waals surface area contributed by atoms with E-state index in [0.29, 0.717) is 29.9 Å². The van der Waals surface area contributed by atoms with Gasteiger partial charge in [-0.05, 0) is 43.8 Å². The van der Waals surface area contributed by atoms with E-state index in [-0.39, 0.29) is 18.9 Å². The van der Waals surface area contributed by atoms with Crippen LogP contribution >= 0.6 is 11.3 Å². The molecule has 0 radical (unpaired) electrons. The molecule has 0 unspecified atom stereocenters. The van der Waals surface area contributed by atoms with Crippen LogP contribution in [0.5, 0.6) is 0 Å². The molecule has 2 aromatic heterocycles. The minimum Gasteiger partial charge on any atom is -0.456 e. The number of thiophene rings is 1. The summed E-state index contributed by atoms with van der Waals surface area (Å²) in [6.45, 7) is 3.64. The molecule has 0 saturated carbocycles. The molecule has 0 spiro atoms. The van der Waals surface area contributed by atoms with Crippen molar-refractivity contribution in [2.45, 2.75) is 26.7 Å². The summed E-state index contributed by atoms with van der Waals surface area (Å²) in [5.74, 6) is -1.10. The van der Waals surface area contributed by atoms with Crippen LogP contribution in [0.3, 0.4) is 0 Å². The smallest absolute Gasteiger partial charge is 0.306 e. The molecule has 9 heteroatoms. The fourth-order valence-corrected chi connectivity index (χ4v) is 3.60. The number of amides is 2. The largest absolute Gasteiger partial charge is 0.456 e. The first-order chi connectivity index (χ1) is 15.0. The van der Waals surface area contributed by atoms with E-state index < -0.39 is 11.9 Å². The summed E-state index contributed by atoms with van der Waals surface area (Å²) in [4.78, 5) is 35.9. The lowest BCUT2D eigenvalue weighted by Crippen LogP contribution is -2.25. The predicted octanol–water partition coefficient (Wildman–Crippen LogP) is 3.24. The van der Waals surface area contributed by atoms with Crippen molar-refractivity contribution in [2.75, 3.05) is 18.5 Å². The molecule has 0 saturated heterocycles. The van der Waals surface area contributed by atoms with Crippen LogP contribution in [0.25, 0.3) is 5.69 Å². The van der Waals surface area contributed by atoms with Crippen LogP contribution in [0.4, 0.5) is 5.69 Å². The number of aromatic nitrogens is 2. The highest BCUT2D eigenvalue weighted by atomic mass is 32.1. The highest BCUT2D eigenvalue weighted by Crippen LogP contribution is 2.22. The summed E-state index contributed by atoms with van der Waals surface area (Å²) < 4.78 is 6.79. The number of hydrogen-bond acceptors (Lipinski definition) is 6. The fourth-order valence-electron chi connectivity index (χ4n) is 2.97. The molecule has 0 bridgehead atoms. The molecule has 0 aliphatic heterocycles. The molecule has 2 heterocycles. The van der Waals surface area contributed by atoms with Gasteiger partial charge in [-0.25, -0.2) is 4.68 Å². The molecule has 8 nitrogen and oxygen atoms in total. The third-order valence-corrected chi connectivity index (χ3v) is 5.23. The highest BCUT2D eigenvalue weighted by molar-refractivity contribution is 7.08. The first-order valence-electron chi connectivity index (χ1n) is 9.83. The molecule has 162 valence electrons. The average Bonchev–Trinajstić information content (AvgIpc) is 3.40. The molecule has 0 atom stereocenters. The Balaban J connectivity index is 1.41. The number of carbonyl (C=O) groups is 3. The summed E-state index contributed by atoms with van der Waals surface area (Å²) in [5, 5.41) is 13.6. The van der Waals surface area contributed by atoms with Crippen molar-refractivity contribution in [1.82, 2.24) is 15.1 Å². The van der Waals surface area contributed by atoms with Gasteiger partial charge in [-0.3, -0.25) is 14.4 Å². The standard InChI is InChI=1S/C22H24N4O4S/c1-15-21(16(2)26(25-15)18-7-4-3-5-8-18)24-19(27)13-30-20(28)9-6-11-23-22(29)17-10-12-31-14-17/h3-5,7-8,10,12,14H,6,9,11,13H2,1-2H3,(H,23,29)(H,24,27). The van der Waals surface area contributed by atoms with Crippen LogP contribution in [-0.2, 0) is 14.3 Å². The Labute approximate surface area is 184 Å². The van der Waals surface area contributed by atoms with Crippen molar-refractivity contribution >= 4 is 34.8 Å². The SMILES string of the molecule is Cc1nn(-c2ccccc2)c(C)c1NC(=O)COC(=O)CCCNC(=O)c1ccsc1. The Bertz CT molecular complexity index is 1050. The van der Waals surface area contributed by atoms with E-state index in [0.717, 1.165) is 11.4 Å². The number of anilines is 1. The molecule has 3 aromatic rings. The number of benzene rings is 1. The summed E-state index contributed by atoms with van der Waals surface area (Å²) in [5.41, 5.74) is 3.54. The number of rotatable bonds is 9. The molecule has 0 aliphatic rings. The van der Waals surface area contributed by atoms with Gasteiger partial charge in [0.1, 0.15) is 0 Å². The van der Waals surface area contributed by atoms with Gasteiger partial charge in [-0.15, -0.1) is 0 Å². The van der Waals surface area contributed by atoms with Crippen molar-refractivity contribution in [3.8, 4) is 5.69 Å². The van der Waals surface area contributed by atoms with E-state index in [1.807, 2.05) is 42.6 Å². The Hall–Kier alpha value is -3.46. The van der Waals surface area contributed by atoms with Crippen molar-refractivity contribution in [1.29, 1.82) is 0 Å². The van der Waals surface area contributed by atoms with Gasteiger partial charge in [0, 0.05) is 23.9 Å². The van der Waals surface area contributed by atoms with E-state index in [2.05, 4.69) is 15.7 Å². The zero-order chi connectivity index (χ0) is 22.2. The normalized spacial score (nSPS) is 10.5. The number of ether oxygens (including phenoxy) is 1. The zero-order valence-electron chi connectivity index (χ0n) is 17.4. The quantitative estimate of drug-likeness (QED) is 0.393. The molecular formula is C22H24N4O4S. The van der Waals surface area contributed by atoms with Gasteiger partial charge in [0.15, 0.2) is 6.61 Å².